The van der Waals surface area contributed by atoms with Crippen molar-refractivity contribution in [2.75, 3.05) is 6.61 Å². The Labute approximate surface area is 195 Å². The van der Waals surface area contributed by atoms with E-state index in [4.69, 9.17) is 27.9 Å². The fraction of sp³-hybridized carbons (Fsp3) is 0.217. The van der Waals surface area contributed by atoms with Gasteiger partial charge in [-0.3, -0.25) is 4.79 Å². The van der Waals surface area contributed by atoms with E-state index < -0.39 is 11.8 Å². The highest BCUT2D eigenvalue weighted by molar-refractivity contribution is 6.32. The highest BCUT2D eigenvalue weighted by Crippen LogP contribution is 2.28. The number of aryl methyl sites for hydroxylation is 2. The molecule has 1 aromatic carbocycles. The molecule has 9 heteroatoms. The molecule has 0 spiro atoms. The maximum absolute atomic E-state index is 13.1. The van der Waals surface area contributed by atoms with Crippen LogP contribution < -0.4 is 0 Å². The molecule has 0 aliphatic rings. The first-order chi connectivity index (χ1) is 15.2. The highest BCUT2D eigenvalue weighted by Gasteiger charge is 2.25. The van der Waals surface area contributed by atoms with E-state index in [2.05, 4.69) is 10.1 Å². The van der Waals surface area contributed by atoms with Gasteiger partial charge in [0.1, 0.15) is 16.8 Å². The Hall–Kier alpha value is -3.34. The average molecular weight is 471 g/mol. The van der Waals surface area contributed by atoms with Crippen LogP contribution in [0.3, 0.4) is 0 Å². The van der Waals surface area contributed by atoms with Gasteiger partial charge in [-0.25, -0.2) is 9.48 Å². The molecule has 0 saturated heterocycles. The molecule has 164 valence electrons. The molecule has 2 heterocycles. The van der Waals surface area contributed by atoms with Crippen LogP contribution in [0, 0.1) is 32.1 Å². The number of carbonyl (C=O) groups excluding carboxylic acids is 2. The van der Waals surface area contributed by atoms with Crippen LogP contribution in [0.25, 0.3) is 11.8 Å². The molecule has 0 bridgehead atoms. The third kappa shape index (κ3) is 4.33. The van der Waals surface area contributed by atoms with Gasteiger partial charge in [-0.05, 0) is 57.5 Å². The zero-order valence-electron chi connectivity index (χ0n) is 17.9. The van der Waals surface area contributed by atoms with Gasteiger partial charge >= 0.3 is 5.97 Å². The lowest BCUT2D eigenvalue weighted by atomic mass is 10.0. The maximum Gasteiger partial charge on any atom is 0.340 e. The van der Waals surface area contributed by atoms with Crippen LogP contribution in [0.2, 0.25) is 10.2 Å². The number of hydrogen-bond donors (Lipinski definition) is 1. The summed E-state index contributed by atoms with van der Waals surface area (Å²) < 4.78 is 6.55. The number of nitriles is 1. The molecule has 0 fully saturated rings. The molecule has 1 N–H and O–H groups in total. The van der Waals surface area contributed by atoms with Gasteiger partial charge in [-0.2, -0.15) is 10.4 Å². The van der Waals surface area contributed by atoms with Gasteiger partial charge in [-0.15, -0.1) is 0 Å². The molecular formula is C23H20Cl2N4O3. The fourth-order valence-corrected chi connectivity index (χ4v) is 3.88. The Morgan fingerprint density at radius 2 is 2.00 bits per heavy atom. The number of nitrogens with zero attached hydrogens (tertiary/aromatic N) is 3. The van der Waals surface area contributed by atoms with Crippen LogP contribution in [-0.4, -0.2) is 33.1 Å². The molecule has 0 aliphatic heterocycles. The Balaban J connectivity index is 2.04. The molecule has 0 unspecified atom stereocenters. The molecule has 32 heavy (non-hydrogen) atoms. The van der Waals surface area contributed by atoms with E-state index in [1.165, 1.54) is 10.8 Å². The lowest BCUT2D eigenvalue weighted by molar-refractivity contribution is 0.0525. The molecule has 0 radical (unpaired) electrons. The first-order valence-corrected chi connectivity index (χ1v) is 10.5. The topological polar surface area (TPSA) is 101 Å². The van der Waals surface area contributed by atoms with Crippen LogP contribution in [0.4, 0.5) is 0 Å². The molecule has 3 rings (SSSR count). The second-order valence-electron chi connectivity index (χ2n) is 7.03. The van der Waals surface area contributed by atoms with Gasteiger partial charge in [0.25, 0.3) is 0 Å². The number of carbonyl (C=O) groups is 2. The summed E-state index contributed by atoms with van der Waals surface area (Å²) >= 11 is 12.6. The number of allylic oxidation sites excluding steroid dienone is 1. The minimum absolute atomic E-state index is 0.148. The molecular weight excluding hydrogens is 451 g/mol. The van der Waals surface area contributed by atoms with E-state index in [-0.39, 0.29) is 28.6 Å². The number of hydrogen-bond acceptors (Lipinski definition) is 5. The standard InChI is InChI=1S/C23H20Cl2N4O3/c1-5-32-23(31)19-12(2)20(27-14(19)4)21(30)15(11-26)9-18-13(3)28-29(22(18)25)17-8-6-7-16(24)10-17/h6-10,27H,5H2,1-4H3. The molecule has 7 nitrogen and oxygen atoms in total. The summed E-state index contributed by atoms with van der Waals surface area (Å²) in [5, 5.41) is 14.9. The SMILES string of the molecule is CCOC(=O)c1c(C)[nH]c(C(=O)C(C#N)=Cc2c(C)nn(-c3cccc(Cl)c3)c2Cl)c1C. The third-order valence-corrected chi connectivity index (χ3v) is 5.50. The third-order valence-electron chi connectivity index (χ3n) is 4.90. The summed E-state index contributed by atoms with van der Waals surface area (Å²) in [4.78, 5) is 28.3. The molecule has 2 aromatic heterocycles. The van der Waals surface area contributed by atoms with Gasteiger partial charge < -0.3 is 9.72 Å². The number of nitrogens with one attached hydrogen (secondary N) is 1. The van der Waals surface area contributed by atoms with Crippen LogP contribution in [0.1, 0.15) is 50.3 Å². The van der Waals surface area contributed by atoms with E-state index >= 15 is 0 Å². The number of halogens is 2. The number of aromatic nitrogens is 3. The molecule has 0 amide bonds. The van der Waals surface area contributed by atoms with E-state index in [9.17, 15) is 14.9 Å². The van der Waals surface area contributed by atoms with E-state index in [0.29, 0.717) is 33.2 Å². The Morgan fingerprint density at radius 3 is 2.62 bits per heavy atom. The van der Waals surface area contributed by atoms with E-state index in [1.54, 1.807) is 52.0 Å². The average Bonchev–Trinajstić information content (AvgIpc) is 3.20. The number of rotatable bonds is 6. The predicted molar refractivity (Wildman–Crippen MR) is 122 cm³/mol. The fourth-order valence-electron chi connectivity index (χ4n) is 3.37. The molecule has 0 aliphatic carbocycles. The first-order valence-electron chi connectivity index (χ1n) is 9.73. The van der Waals surface area contributed by atoms with Crippen molar-refractivity contribution >= 4 is 41.0 Å². The Bertz CT molecular complexity index is 1300. The van der Waals surface area contributed by atoms with Crippen molar-refractivity contribution in [2.24, 2.45) is 0 Å². The van der Waals surface area contributed by atoms with Gasteiger partial charge in [0, 0.05) is 16.3 Å². The number of H-pyrrole nitrogens is 1. The number of Topliss-reactive ketones (excluding diaryl/α,β-unsaturated/α-hetero) is 1. The lowest BCUT2D eigenvalue weighted by Crippen LogP contribution is -2.08. The van der Waals surface area contributed by atoms with Gasteiger partial charge in [0.05, 0.1) is 29.2 Å². The van der Waals surface area contributed by atoms with Crippen LogP contribution in [0.5, 0.6) is 0 Å². The van der Waals surface area contributed by atoms with Crippen LogP contribution in [0.15, 0.2) is 29.8 Å². The van der Waals surface area contributed by atoms with Crippen molar-refractivity contribution in [1.29, 1.82) is 5.26 Å². The van der Waals surface area contributed by atoms with Gasteiger partial charge in [0.2, 0.25) is 5.78 Å². The molecule has 0 atom stereocenters. The lowest BCUT2D eigenvalue weighted by Gasteiger charge is -2.04. The second kappa shape index (κ2) is 9.43. The van der Waals surface area contributed by atoms with E-state index in [1.807, 2.05) is 6.07 Å². The number of benzene rings is 1. The van der Waals surface area contributed by atoms with Gasteiger partial charge in [-0.1, -0.05) is 29.3 Å². The minimum Gasteiger partial charge on any atom is -0.462 e. The summed E-state index contributed by atoms with van der Waals surface area (Å²) in [5.74, 6) is -1.09. The van der Waals surface area contributed by atoms with Crippen molar-refractivity contribution in [3.05, 3.63) is 73.8 Å². The minimum atomic E-state index is -0.561. The van der Waals surface area contributed by atoms with Crippen LogP contribution in [-0.2, 0) is 4.74 Å². The van der Waals surface area contributed by atoms with Crippen LogP contribution >= 0.6 is 23.2 Å². The zero-order chi connectivity index (χ0) is 23.6. The second-order valence-corrected chi connectivity index (χ2v) is 7.82. The Kier molecular flexibility index (Phi) is 6.87. The maximum atomic E-state index is 13.1. The van der Waals surface area contributed by atoms with Crippen molar-refractivity contribution in [2.45, 2.75) is 27.7 Å². The smallest absolute Gasteiger partial charge is 0.340 e. The molecule has 0 saturated carbocycles. The summed E-state index contributed by atoms with van der Waals surface area (Å²) in [5.41, 5.74) is 2.80. The highest BCUT2D eigenvalue weighted by atomic mass is 35.5. The number of ether oxygens (including phenoxy) is 1. The predicted octanol–water partition coefficient (Wildman–Crippen LogP) is 5.40. The number of ketones is 1. The summed E-state index contributed by atoms with van der Waals surface area (Å²) in [6, 6.07) is 8.91. The van der Waals surface area contributed by atoms with Crippen molar-refractivity contribution < 1.29 is 14.3 Å². The summed E-state index contributed by atoms with van der Waals surface area (Å²) in [6.07, 6.45) is 1.40. The normalized spacial score (nSPS) is 11.3. The largest absolute Gasteiger partial charge is 0.462 e. The monoisotopic (exact) mass is 470 g/mol. The number of esters is 1. The quantitative estimate of drug-likeness (QED) is 0.225. The summed E-state index contributed by atoms with van der Waals surface area (Å²) in [7, 11) is 0. The number of aromatic amines is 1. The van der Waals surface area contributed by atoms with Crippen molar-refractivity contribution in [1.82, 2.24) is 14.8 Å². The molecule has 3 aromatic rings. The van der Waals surface area contributed by atoms with Gasteiger partial charge in [0.15, 0.2) is 0 Å². The van der Waals surface area contributed by atoms with Crippen molar-refractivity contribution in [3.63, 3.8) is 0 Å². The van der Waals surface area contributed by atoms with E-state index in [0.717, 1.165) is 0 Å². The Morgan fingerprint density at radius 1 is 1.28 bits per heavy atom. The summed E-state index contributed by atoms with van der Waals surface area (Å²) in [6.45, 7) is 6.94. The van der Waals surface area contributed by atoms with Crippen molar-refractivity contribution in [3.8, 4) is 11.8 Å². The zero-order valence-corrected chi connectivity index (χ0v) is 19.4. The first kappa shape index (κ1) is 23.3.